The lowest BCUT2D eigenvalue weighted by atomic mass is 9.80. The number of allylic oxidation sites excluding steroid dienone is 2. The molecule has 5 aromatic rings. The van der Waals surface area contributed by atoms with Crippen molar-refractivity contribution in [3.05, 3.63) is 54.3 Å². The van der Waals surface area contributed by atoms with E-state index >= 15 is 0 Å². The Morgan fingerprint density at radius 2 is 1.63 bits per heavy atom. The number of hydrogen-bond acceptors (Lipinski definition) is 11. The van der Waals surface area contributed by atoms with Crippen LogP contribution in [0.4, 0.5) is 5.69 Å². The first kappa shape index (κ1) is 30.0. The van der Waals surface area contributed by atoms with Gasteiger partial charge >= 0.3 is 5.97 Å². The predicted molar refractivity (Wildman–Crippen MR) is 175 cm³/mol. The molecule has 1 aliphatic heterocycles. The van der Waals surface area contributed by atoms with E-state index in [0.717, 1.165) is 0 Å². The maximum atomic E-state index is 14.6. The molecular weight excluding hydrogens is 614 g/mol. The summed E-state index contributed by atoms with van der Waals surface area (Å²) in [6, 6.07) is 1.21. The number of rotatable bonds is 6. The molecule has 0 saturated carbocycles. The fraction of sp³-hybridized carbons (Fsp3) is 0.294. The normalized spacial score (nSPS) is 17.6. The van der Waals surface area contributed by atoms with Crippen molar-refractivity contribution in [1.29, 1.82) is 0 Å². The van der Waals surface area contributed by atoms with Gasteiger partial charge in [-0.15, -0.1) is 11.8 Å². The number of methoxy groups -OCH3 is 2. The van der Waals surface area contributed by atoms with Crippen molar-refractivity contribution in [3.63, 3.8) is 0 Å². The van der Waals surface area contributed by atoms with Gasteiger partial charge in [0.05, 0.1) is 43.9 Å². The third-order valence-corrected chi connectivity index (χ3v) is 10.9. The van der Waals surface area contributed by atoms with E-state index in [1.54, 1.807) is 6.92 Å². The summed E-state index contributed by atoms with van der Waals surface area (Å²) in [7, 11) is 2.67. The fourth-order valence-corrected chi connectivity index (χ4v) is 8.86. The summed E-state index contributed by atoms with van der Waals surface area (Å²) in [4.78, 5) is 54.6. The van der Waals surface area contributed by atoms with E-state index in [0.29, 0.717) is 48.5 Å². The van der Waals surface area contributed by atoms with Gasteiger partial charge in [-0.3, -0.25) is 14.4 Å². The molecule has 0 spiro atoms. The summed E-state index contributed by atoms with van der Waals surface area (Å²) >= 11 is 1.17. The number of Topliss-reactive ketones (excluding diaryl/α,β-unsaturated/α-hetero) is 1. The van der Waals surface area contributed by atoms with Gasteiger partial charge in [0.1, 0.15) is 5.54 Å². The first-order chi connectivity index (χ1) is 21.9. The lowest BCUT2D eigenvalue weighted by Crippen LogP contribution is -2.48. The Bertz CT molecular complexity index is 2400. The molecule has 12 heteroatoms. The standard InChI is InChI=1S/C34H29NO10S/c1-11-6-14-19-23-20(15(9-37)32-27(26(23)29(41)30(14)44-4)35-34(3,10-46-32)33(42)43)18-13(8-36)7-16(39)21-22(18)24(19)25(17(11)12(2)38)31(45-5)28(21)40/h7,35-37,40H,6,8-10H2,1-5H3,(H,42,43). The van der Waals surface area contributed by atoms with Crippen LogP contribution in [0.1, 0.15) is 43.0 Å². The van der Waals surface area contributed by atoms with Crippen LogP contribution < -0.4 is 25.6 Å². The topological polar surface area (TPSA) is 180 Å². The van der Waals surface area contributed by atoms with E-state index in [9.17, 15) is 39.6 Å². The molecule has 11 nitrogen and oxygen atoms in total. The Labute approximate surface area is 264 Å². The molecule has 2 aliphatic rings. The van der Waals surface area contributed by atoms with Gasteiger partial charge in [0, 0.05) is 49.1 Å². The molecule has 1 atom stereocenters. The summed E-state index contributed by atoms with van der Waals surface area (Å²) in [6.45, 7) is 3.49. The van der Waals surface area contributed by atoms with Crippen molar-refractivity contribution in [1.82, 2.24) is 0 Å². The molecule has 0 radical (unpaired) electrons. The number of aromatic hydroxyl groups is 1. The highest BCUT2D eigenvalue weighted by molar-refractivity contribution is 7.99. The SMILES string of the molecule is COc1c(O)c2c(=O)cc(CO)c3c4c(CO)c5c(c6c(=O)c(OC)c7c(c(c1C(C(C)=O)=C(C)C7)c23)c64)NC(C)(C(=O)O)CS5. The van der Waals surface area contributed by atoms with Crippen LogP contribution in [0.25, 0.3) is 48.7 Å². The first-order valence-electron chi connectivity index (χ1n) is 14.5. The first-order valence-corrected chi connectivity index (χ1v) is 15.4. The van der Waals surface area contributed by atoms with Crippen molar-refractivity contribution in [2.45, 2.75) is 50.8 Å². The van der Waals surface area contributed by atoms with Crippen LogP contribution in [0.3, 0.4) is 0 Å². The average Bonchev–Trinajstić information content (AvgIpc) is 3.14. The van der Waals surface area contributed by atoms with Crippen LogP contribution in [0, 0.1) is 0 Å². The van der Waals surface area contributed by atoms with Crippen LogP contribution in [0.5, 0.6) is 17.2 Å². The number of phenolic OH excluding ortho intramolecular Hbond substituents is 1. The number of carboxylic acid groups (broad SMARTS) is 1. The van der Waals surface area contributed by atoms with Crippen LogP contribution in [-0.4, -0.2) is 57.7 Å². The highest BCUT2D eigenvalue weighted by Gasteiger charge is 2.42. The number of thioether (sulfide) groups is 1. The molecular formula is C34H29NO10S. The maximum absolute atomic E-state index is 14.6. The third kappa shape index (κ3) is 3.51. The monoisotopic (exact) mass is 643 g/mol. The summed E-state index contributed by atoms with van der Waals surface area (Å²) < 4.78 is 11.5. The Kier molecular flexibility index (Phi) is 6.48. The zero-order valence-corrected chi connectivity index (χ0v) is 26.4. The Morgan fingerprint density at radius 3 is 2.22 bits per heavy atom. The Hall–Kier alpha value is -4.65. The van der Waals surface area contributed by atoms with Gasteiger partial charge in [-0.2, -0.15) is 0 Å². The Balaban J connectivity index is 1.97. The molecule has 0 saturated heterocycles. The second kappa shape index (κ2) is 9.92. The fourth-order valence-electron chi connectivity index (χ4n) is 7.59. The number of phenols is 1. The van der Waals surface area contributed by atoms with Crippen molar-refractivity contribution in [2.75, 3.05) is 25.3 Å². The highest BCUT2D eigenvalue weighted by atomic mass is 32.2. The minimum Gasteiger partial charge on any atom is -0.504 e. The third-order valence-electron chi connectivity index (χ3n) is 9.45. The molecule has 0 aromatic heterocycles. The molecule has 1 unspecified atom stereocenters. The van der Waals surface area contributed by atoms with Crippen LogP contribution >= 0.6 is 11.8 Å². The van der Waals surface area contributed by atoms with Gasteiger partial charge in [-0.1, -0.05) is 5.57 Å². The number of nitrogens with one attached hydrogen (secondary N) is 1. The summed E-state index contributed by atoms with van der Waals surface area (Å²) in [5.41, 5.74) is -0.404. The zero-order valence-electron chi connectivity index (χ0n) is 25.6. The number of benzene rings is 5. The number of carbonyl (C=O) groups excluding carboxylic acids is 1. The van der Waals surface area contributed by atoms with E-state index in [4.69, 9.17) is 9.47 Å². The van der Waals surface area contributed by atoms with Crippen molar-refractivity contribution >= 4 is 77.9 Å². The van der Waals surface area contributed by atoms with Gasteiger partial charge in [-0.25, -0.2) is 4.79 Å². The van der Waals surface area contributed by atoms with Crippen molar-refractivity contribution in [3.8, 4) is 17.2 Å². The largest absolute Gasteiger partial charge is 0.504 e. The minimum absolute atomic E-state index is 0.0267. The van der Waals surface area contributed by atoms with E-state index in [-0.39, 0.29) is 68.0 Å². The van der Waals surface area contributed by atoms with Crippen molar-refractivity contribution < 1.29 is 39.5 Å². The zero-order chi connectivity index (χ0) is 33.1. The summed E-state index contributed by atoms with van der Waals surface area (Å²) in [6.07, 6.45) is 0.0813. The predicted octanol–water partition coefficient (Wildman–Crippen LogP) is 3.88. The van der Waals surface area contributed by atoms with Crippen LogP contribution in [-0.2, 0) is 29.2 Å². The number of hydrogen-bond donors (Lipinski definition) is 5. The summed E-state index contributed by atoms with van der Waals surface area (Å²) in [5.74, 6) is -2.03. The van der Waals surface area contributed by atoms with E-state index in [1.807, 2.05) is 0 Å². The number of aliphatic hydroxyl groups excluding tert-OH is 2. The second-order valence-corrected chi connectivity index (χ2v) is 13.1. The number of ether oxygens (including phenoxy) is 2. The maximum Gasteiger partial charge on any atom is 0.329 e. The molecule has 236 valence electrons. The molecule has 0 amide bonds. The highest BCUT2D eigenvalue weighted by Crippen LogP contribution is 2.57. The van der Waals surface area contributed by atoms with Crippen LogP contribution in [0.15, 0.2) is 26.1 Å². The van der Waals surface area contributed by atoms with Gasteiger partial charge < -0.3 is 35.2 Å². The smallest absolute Gasteiger partial charge is 0.329 e. The molecule has 1 heterocycles. The quantitative estimate of drug-likeness (QED) is 0.133. The molecule has 7 rings (SSSR count). The number of carboxylic acids is 1. The number of aliphatic carboxylic acids is 1. The lowest BCUT2D eigenvalue weighted by Gasteiger charge is -2.35. The van der Waals surface area contributed by atoms with Gasteiger partial charge in [-0.05, 0) is 55.0 Å². The molecule has 5 N–H and O–H groups in total. The van der Waals surface area contributed by atoms with Gasteiger partial charge in [0.15, 0.2) is 28.5 Å². The summed E-state index contributed by atoms with van der Waals surface area (Å²) in [5, 5.41) is 48.6. The number of carbonyl (C=O) groups is 2. The average molecular weight is 644 g/mol. The van der Waals surface area contributed by atoms with Crippen molar-refractivity contribution in [2.24, 2.45) is 0 Å². The van der Waals surface area contributed by atoms with E-state index in [2.05, 4.69) is 5.32 Å². The van der Waals surface area contributed by atoms with Gasteiger partial charge in [0.2, 0.25) is 5.43 Å². The number of ketones is 1. The van der Waals surface area contributed by atoms with E-state index < -0.39 is 41.3 Å². The molecule has 0 bridgehead atoms. The van der Waals surface area contributed by atoms with E-state index in [1.165, 1.54) is 45.9 Å². The molecule has 0 fully saturated rings. The number of aliphatic hydroxyl groups is 2. The number of fused-ring (bicyclic) bond motifs is 3. The Morgan fingerprint density at radius 1 is 0.957 bits per heavy atom. The molecule has 46 heavy (non-hydrogen) atoms. The lowest BCUT2D eigenvalue weighted by molar-refractivity contribution is -0.140. The molecule has 1 aliphatic carbocycles. The minimum atomic E-state index is -1.47. The molecule has 5 aromatic carbocycles. The van der Waals surface area contributed by atoms with Crippen LogP contribution in [0.2, 0.25) is 0 Å². The van der Waals surface area contributed by atoms with Gasteiger partial charge in [0.25, 0.3) is 0 Å². The number of anilines is 1. The second-order valence-electron chi connectivity index (χ2n) is 12.1.